The van der Waals surface area contributed by atoms with Gasteiger partial charge in [0.25, 0.3) is 11.8 Å². The summed E-state index contributed by atoms with van der Waals surface area (Å²) in [6.45, 7) is 7.15. The van der Waals surface area contributed by atoms with Gasteiger partial charge in [0.15, 0.2) is 36.6 Å². The fraction of sp³-hybridized carbons (Fsp3) is 0.526. The first-order valence-electron chi connectivity index (χ1n) is 18.3. The molecule has 1 aromatic rings. The molecule has 0 radical (unpaired) electrons. The monoisotopic (exact) mass is 897 g/mol. The Balaban J connectivity index is 1.92. The number of rotatable bonds is 15. The summed E-state index contributed by atoms with van der Waals surface area (Å²) in [6, 6.07) is 7.63. The van der Waals surface area contributed by atoms with E-state index in [1.165, 1.54) is 12.1 Å². The van der Waals surface area contributed by atoms with Crippen LogP contribution in [0.15, 0.2) is 40.1 Å². The van der Waals surface area contributed by atoms with Gasteiger partial charge in [-0.25, -0.2) is 4.90 Å². The molecule has 0 bridgehead atoms. The molecule has 1 aromatic carbocycles. The molecule has 0 aliphatic carbocycles. The second-order valence-corrected chi connectivity index (χ2v) is 15.5. The summed E-state index contributed by atoms with van der Waals surface area (Å²) in [5.41, 5.74) is -3.09. The standard InChI is InChI=1S/C38H43NO20S2/c1-16(40)50-14-25-27(52-18(3)42)29(54-20(5)44)31(56-22(7)46)37(58-25)60-33-34(36(49)39(35(33)48)24-12-10-9-11-13-24)61-38-32(57-23(8)47)30(55-21(6)45)28(53-19(4)43)26(59-38)15-51-17(2)41/h9-13,25-32,37-38H,14-15H2,1-8H3/t25-,26-,27+,28+,29+,30+,31-,32-,37+,38+/m1/s1. The third kappa shape index (κ3) is 12.8. The fourth-order valence-electron chi connectivity index (χ4n) is 6.31. The molecule has 2 saturated heterocycles. The van der Waals surface area contributed by atoms with Crippen LogP contribution < -0.4 is 4.90 Å². The van der Waals surface area contributed by atoms with Crippen LogP contribution in [0.25, 0.3) is 0 Å². The van der Waals surface area contributed by atoms with Crippen LogP contribution in [0, 0.1) is 0 Å². The fourth-order valence-corrected chi connectivity index (χ4v) is 8.92. The summed E-state index contributed by atoms with van der Waals surface area (Å²) < 4.78 is 55.8. The Morgan fingerprint density at radius 2 is 0.787 bits per heavy atom. The molecule has 332 valence electrons. The molecule has 0 saturated carbocycles. The van der Waals surface area contributed by atoms with Crippen molar-refractivity contribution in [2.45, 2.75) is 115 Å². The zero-order valence-corrected chi connectivity index (χ0v) is 35.6. The lowest BCUT2D eigenvalue weighted by molar-refractivity contribution is -0.237. The quantitative estimate of drug-likeness (QED) is 0.137. The summed E-state index contributed by atoms with van der Waals surface area (Å²) in [5.74, 6) is -8.93. The van der Waals surface area contributed by atoms with E-state index in [0.29, 0.717) is 23.5 Å². The van der Waals surface area contributed by atoms with E-state index in [1.807, 2.05) is 0 Å². The average Bonchev–Trinajstić information content (AvgIpc) is 3.37. The highest BCUT2D eigenvalue weighted by molar-refractivity contribution is 8.08. The number of hydrogen-bond donors (Lipinski definition) is 0. The molecule has 0 unspecified atom stereocenters. The predicted molar refractivity (Wildman–Crippen MR) is 205 cm³/mol. The van der Waals surface area contributed by atoms with Crippen molar-refractivity contribution in [1.82, 2.24) is 0 Å². The van der Waals surface area contributed by atoms with Crippen molar-refractivity contribution >= 4 is 88.8 Å². The molecule has 4 rings (SSSR count). The highest BCUT2D eigenvalue weighted by Crippen LogP contribution is 2.47. The number of thioether (sulfide) groups is 2. The van der Waals surface area contributed by atoms with Crippen LogP contribution in [-0.4, -0.2) is 132 Å². The van der Waals surface area contributed by atoms with Crippen molar-refractivity contribution in [2.75, 3.05) is 18.1 Å². The van der Waals surface area contributed by atoms with E-state index in [-0.39, 0.29) is 5.69 Å². The number of anilines is 1. The van der Waals surface area contributed by atoms with Crippen molar-refractivity contribution in [3.8, 4) is 0 Å². The summed E-state index contributed by atoms with van der Waals surface area (Å²) in [4.78, 5) is 128. The molecule has 0 spiro atoms. The number of benzene rings is 1. The van der Waals surface area contributed by atoms with Gasteiger partial charge in [0, 0.05) is 55.4 Å². The highest BCUT2D eigenvalue weighted by Gasteiger charge is 2.57. The molecule has 2 fully saturated rings. The van der Waals surface area contributed by atoms with Gasteiger partial charge in [-0.15, -0.1) is 0 Å². The highest BCUT2D eigenvalue weighted by atomic mass is 32.2. The lowest BCUT2D eigenvalue weighted by Crippen LogP contribution is -2.61. The van der Waals surface area contributed by atoms with E-state index < -0.39 is 142 Å². The van der Waals surface area contributed by atoms with Gasteiger partial charge in [0.2, 0.25) is 0 Å². The van der Waals surface area contributed by atoms with Crippen LogP contribution >= 0.6 is 23.5 Å². The first-order valence-corrected chi connectivity index (χ1v) is 20.1. The summed E-state index contributed by atoms with van der Waals surface area (Å²) in [6.07, 6.45) is -12.5. The van der Waals surface area contributed by atoms with Gasteiger partial charge >= 0.3 is 47.8 Å². The van der Waals surface area contributed by atoms with E-state index >= 15 is 0 Å². The minimum absolute atomic E-state index is 0.0919. The van der Waals surface area contributed by atoms with E-state index in [1.54, 1.807) is 18.2 Å². The number of imide groups is 1. The lowest BCUT2D eigenvalue weighted by atomic mass is 9.99. The maximum Gasteiger partial charge on any atom is 0.303 e. The van der Waals surface area contributed by atoms with Crippen LogP contribution in [0.4, 0.5) is 5.69 Å². The Bertz CT molecular complexity index is 1820. The van der Waals surface area contributed by atoms with Crippen LogP contribution in [0.3, 0.4) is 0 Å². The molecule has 2 amide bonds. The number of esters is 8. The zero-order chi connectivity index (χ0) is 45.3. The number of nitrogens with zero attached hydrogens (tertiary/aromatic N) is 1. The number of para-hydroxylation sites is 1. The average molecular weight is 898 g/mol. The topological polar surface area (TPSA) is 266 Å². The van der Waals surface area contributed by atoms with E-state index in [9.17, 15) is 47.9 Å². The normalized spacial score (nSPS) is 27.3. The molecular formula is C38H43NO20S2. The number of carbonyl (C=O) groups excluding carboxylic acids is 10. The van der Waals surface area contributed by atoms with Crippen molar-refractivity contribution in [3.05, 3.63) is 40.1 Å². The number of ether oxygens (including phenoxy) is 10. The Labute approximate surface area is 356 Å². The first-order chi connectivity index (χ1) is 28.7. The Morgan fingerprint density at radius 1 is 0.475 bits per heavy atom. The Hall–Kier alpha value is -5.52. The summed E-state index contributed by atoms with van der Waals surface area (Å²) >= 11 is 1.03. The molecule has 10 atom stereocenters. The van der Waals surface area contributed by atoms with Crippen molar-refractivity contribution in [2.24, 2.45) is 0 Å². The number of hydrogen-bond acceptors (Lipinski definition) is 22. The molecule has 3 heterocycles. The molecule has 0 N–H and O–H groups in total. The van der Waals surface area contributed by atoms with Crippen LogP contribution in [0.5, 0.6) is 0 Å². The van der Waals surface area contributed by atoms with E-state index in [4.69, 9.17) is 47.4 Å². The first kappa shape index (κ1) is 48.1. The maximum atomic E-state index is 14.5. The largest absolute Gasteiger partial charge is 0.463 e. The number of carbonyl (C=O) groups is 10. The number of amides is 2. The van der Waals surface area contributed by atoms with Gasteiger partial charge in [0.1, 0.15) is 36.3 Å². The molecule has 3 aliphatic rings. The second kappa shape index (κ2) is 21.3. The van der Waals surface area contributed by atoms with Crippen LogP contribution in [0.2, 0.25) is 0 Å². The molecular weight excluding hydrogens is 855 g/mol. The van der Waals surface area contributed by atoms with Gasteiger partial charge in [-0.3, -0.25) is 47.9 Å². The minimum Gasteiger partial charge on any atom is -0.463 e. The third-order valence-electron chi connectivity index (χ3n) is 8.38. The minimum atomic E-state index is -1.66. The van der Waals surface area contributed by atoms with Gasteiger partial charge in [0.05, 0.1) is 15.5 Å². The van der Waals surface area contributed by atoms with Crippen LogP contribution in [0.1, 0.15) is 55.4 Å². The summed E-state index contributed by atoms with van der Waals surface area (Å²) in [5, 5.41) is 0. The van der Waals surface area contributed by atoms with Gasteiger partial charge in [-0.1, -0.05) is 41.7 Å². The molecule has 21 nitrogen and oxygen atoms in total. The third-order valence-corrected chi connectivity index (χ3v) is 11.0. The second-order valence-electron chi connectivity index (χ2n) is 13.3. The molecule has 61 heavy (non-hydrogen) atoms. The Morgan fingerprint density at radius 3 is 1.10 bits per heavy atom. The zero-order valence-electron chi connectivity index (χ0n) is 34.0. The lowest BCUT2D eigenvalue weighted by Gasteiger charge is -2.44. The molecule has 0 aromatic heterocycles. The summed E-state index contributed by atoms with van der Waals surface area (Å²) in [7, 11) is 0. The van der Waals surface area contributed by atoms with Crippen molar-refractivity contribution in [1.29, 1.82) is 0 Å². The predicted octanol–water partition coefficient (Wildman–Crippen LogP) is 1.40. The van der Waals surface area contributed by atoms with E-state index in [0.717, 1.165) is 60.3 Å². The van der Waals surface area contributed by atoms with Crippen LogP contribution in [-0.2, 0) is 95.3 Å². The van der Waals surface area contributed by atoms with E-state index in [2.05, 4.69) is 0 Å². The SMILES string of the molecule is CC(=O)OC[C@H]1O[C@@H](SC2=C(S[C@@H]3O[C@H](COC(C)=O)[C@H](OC(C)=O)[C@H](OC(C)=O)[C@H]3OC(C)=O)C(=O)N(c3ccccc3)C2=O)[C@H](OC(C)=O)[C@@H](OC(C)=O)[C@H]1OC(C)=O. The molecule has 3 aliphatic heterocycles. The molecule has 23 heteroatoms. The Kier molecular flexibility index (Phi) is 16.8. The maximum absolute atomic E-state index is 14.5. The van der Waals surface area contributed by atoms with Gasteiger partial charge in [-0.2, -0.15) is 0 Å². The van der Waals surface area contributed by atoms with Crippen molar-refractivity contribution in [3.63, 3.8) is 0 Å². The van der Waals surface area contributed by atoms with Gasteiger partial charge in [-0.05, 0) is 12.1 Å². The van der Waals surface area contributed by atoms with Crippen molar-refractivity contribution < 1.29 is 95.3 Å². The van der Waals surface area contributed by atoms with Gasteiger partial charge < -0.3 is 47.4 Å². The smallest absolute Gasteiger partial charge is 0.303 e.